The molecule has 0 aromatic carbocycles. The third kappa shape index (κ3) is 5.41. The van der Waals surface area contributed by atoms with Crippen molar-refractivity contribution in [3.63, 3.8) is 0 Å². The minimum Gasteiger partial charge on any atom is -0.454 e. The van der Waals surface area contributed by atoms with Crippen LogP contribution in [0.4, 0.5) is 24.5 Å². The second-order valence-electron chi connectivity index (χ2n) is 4.59. The van der Waals surface area contributed by atoms with Crippen molar-refractivity contribution in [1.29, 1.82) is 0 Å². The Balaban J connectivity index is 2.16. The van der Waals surface area contributed by atoms with Gasteiger partial charge in [0.05, 0.1) is 11.4 Å². The molecule has 0 aliphatic heterocycles. The maximum absolute atomic E-state index is 12.4. The van der Waals surface area contributed by atoms with E-state index in [1.807, 2.05) is 0 Å². The number of anilines is 2. The SMILES string of the molecule is O=C(OC/C=C/C(F)(F)F)C(=O)N(c1ccncc1)c1ccncc1. The fraction of sp³-hybridized carbons (Fsp3) is 0.125. The molecule has 2 heterocycles. The zero-order valence-corrected chi connectivity index (χ0v) is 12.7. The first-order valence-electron chi connectivity index (χ1n) is 6.94. The Kier molecular flexibility index (Phi) is 5.83. The number of allylic oxidation sites excluding steroid dienone is 1. The van der Waals surface area contributed by atoms with E-state index in [0.29, 0.717) is 17.5 Å². The van der Waals surface area contributed by atoms with E-state index in [4.69, 9.17) is 0 Å². The molecule has 6 nitrogen and oxygen atoms in total. The van der Waals surface area contributed by atoms with E-state index in [0.717, 1.165) is 4.90 Å². The highest BCUT2D eigenvalue weighted by Crippen LogP contribution is 2.24. The summed E-state index contributed by atoms with van der Waals surface area (Å²) in [4.78, 5) is 33.0. The van der Waals surface area contributed by atoms with Gasteiger partial charge in [-0.15, -0.1) is 0 Å². The van der Waals surface area contributed by atoms with Crippen LogP contribution in [0.1, 0.15) is 0 Å². The molecule has 2 rings (SSSR count). The molecule has 2 aromatic heterocycles. The summed E-state index contributed by atoms with van der Waals surface area (Å²) in [7, 11) is 0. The summed E-state index contributed by atoms with van der Waals surface area (Å²) in [6.07, 6.45) is 1.71. The van der Waals surface area contributed by atoms with Gasteiger partial charge in [-0.3, -0.25) is 19.7 Å². The molecule has 0 spiro atoms. The van der Waals surface area contributed by atoms with Crippen LogP contribution in [-0.4, -0.2) is 34.6 Å². The van der Waals surface area contributed by atoms with Gasteiger partial charge in [0.2, 0.25) is 0 Å². The highest BCUT2D eigenvalue weighted by atomic mass is 19.4. The number of hydrogen-bond acceptors (Lipinski definition) is 5. The number of carbonyl (C=O) groups excluding carboxylic acids is 2. The average molecular weight is 351 g/mol. The first-order valence-corrected chi connectivity index (χ1v) is 6.94. The summed E-state index contributed by atoms with van der Waals surface area (Å²) < 4.78 is 40.6. The van der Waals surface area contributed by atoms with Crippen molar-refractivity contribution >= 4 is 23.3 Å². The first-order chi connectivity index (χ1) is 11.9. The molecule has 1 amide bonds. The molecular weight excluding hydrogens is 339 g/mol. The van der Waals surface area contributed by atoms with E-state index in [-0.39, 0.29) is 6.08 Å². The van der Waals surface area contributed by atoms with E-state index in [9.17, 15) is 22.8 Å². The summed E-state index contributed by atoms with van der Waals surface area (Å²) in [5.41, 5.74) is 0.683. The minimum absolute atomic E-state index is 0.0751. The van der Waals surface area contributed by atoms with Gasteiger partial charge in [-0.2, -0.15) is 13.2 Å². The Bertz CT molecular complexity index is 710. The second kappa shape index (κ2) is 8.04. The summed E-state index contributed by atoms with van der Waals surface area (Å²) in [6, 6.07) is 5.98. The third-order valence-corrected chi connectivity index (χ3v) is 2.84. The van der Waals surface area contributed by atoms with E-state index < -0.39 is 24.7 Å². The molecule has 0 radical (unpaired) electrons. The lowest BCUT2D eigenvalue weighted by molar-refractivity contribution is -0.152. The van der Waals surface area contributed by atoms with E-state index in [2.05, 4.69) is 14.7 Å². The van der Waals surface area contributed by atoms with Gasteiger partial charge < -0.3 is 4.74 Å². The molecule has 130 valence electrons. The van der Waals surface area contributed by atoms with Crippen molar-refractivity contribution in [2.24, 2.45) is 0 Å². The van der Waals surface area contributed by atoms with E-state index >= 15 is 0 Å². The highest BCUT2D eigenvalue weighted by Gasteiger charge is 2.26. The molecule has 25 heavy (non-hydrogen) atoms. The van der Waals surface area contributed by atoms with Crippen LogP contribution in [0, 0.1) is 0 Å². The molecule has 0 saturated heterocycles. The standard InChI is InChI=1S/C16H12F3N3O3/c17-16(18,19)6-1-11-25-15(24)14(23)22(12-2-7-20-8-3-12)13-4-9-21-10-5-13/h1-10H,11H2/b6-1+. The fourth-order valence-electron chi connectivity index (χ4n) is 1.83. The fourth-order valence-corrected chi connectivity index (χ4v) is 1.83. The topological polar surface area (TPSA) is 72.4 Å². The monoisotopic (exact) mass is 351 g/mol. The van der Waals surface area contributed by atoms with Crippen LogP contribution in [0.2, 0.25) is 0 Å². The Morgan fingerprint density at radius 1 is 1.00 bits per heavy atom. The van der Waals surface area contributed by atoms with Crippen molar-refractivity contribution in [3.8, 4) is 0 Å². The predicted octanol–water partition coefficient (Wildman–Crippen LogP) is 2.80. The largest absolute Gasteiger partial charge is 0.454 e. The molecule has 0 N–H and O–H groups in total. The van der Waals surface area contributed by atoms with Crippen LogP contribution in [0.3, 0.4) is 0 Å². The zero-order valence-electron chi connectivity index (χ0n) is 12.7. The van der Waals surface area contributed by atoms with Gasteiger partial charge in [0.1, 0.15) is 6.61 Å². The number of esters is 1. The number of rotatable bonds is 4. The summed E-state index contributed by atoms with van der Waals surface area (Å²) in [5.74, 6) is -2.35. The number of aromatic nitrogens is 2. The Morgan fingerprint density at radius 2 is 1.48 bits per heavy atom. The quantitative estimate of drug-likeness (QED) is 0.481. The number of halogens is 3. The van der Waals surface area contributed by atoms with Crippen molar-refractivity contribution in [2.75, 3.05) is 11.5 Å². The first kappa shape index (κ1) is 18.1. The van der Waals surface area contributed by atoms with Crippen LogP contribution >= 0.6 is 0 Å². The van der Waals surface area contributed by atoms with Gasteiger partial charge in [0, 0.05) is 30.9 Å². The lowest BCUT2D eigenvalue weighted by Gasteiger charge is -2.21. The molecule has 0 fully saturated rings. The number of carbonyl (C=O) groups is 2. The maximum Gasteiger partial charge on any atom is 0.409 e. The average Bonchev–Trinajstić information content (AvgIpc) is 2.60. The molecule has 0 unspecified atom stereocenters. The van der Waals surface area contributed by atoms with Gasteiger partial charge in [0.25, 0.3) is 0 Å². The van der Waals surface area contributed by atoms with Gasteiger partial charge in [-0.1, -0.05) is 0 Å². The number of ether oxygens (including phenoxy) is 1. The predicted molar refractivity (Wildman–Crippen MR) is 81.8 cm³/mol. The minimum atomic E-state index is -4.52. The van der Waals surface area contributed by atoms with Crippen LogP contribution < -0.4 is 4.90 Å². The lowest BCUT2D eigenvalue weighted by atomic mass is 10.3. The van der Waals surface area contributed by atoms with Gasteiger partial charge >= 0.3 is 18.1 Å². The summed E-state index contributed by atoms with van der Waals surface area (Å²) in [6.45, 7) is -0.676. The Morgan fingerprint density at radius 3 is 1.92 bits per heavy atom. The molecule has 0 atom stereocenters. The van der Waals surface area contributed by atoms with Gasteiger partial charge in [0.15, 0.2) is 0 Å². The van der Waals surface area contributed by atoms with Crippen LogP contribution in [0.25, 0.3) is 0 Å². The number of hydrogen-bond donors (Lipinski definition) is 0. The zero-order chi connectivity index (χ0) is 18.3. The van der Waals surface area contributed by atoms with Crippen LogP contribution in [0.15, 0.2) is 61.2 Å². The normalized spacial score (nSPS) is 11.3. The van der Waals surface area contributed by atoms with Crippen molar-refractivity contribution in [2.45, 2.75) is 6.18 Å². The second-order valence-corrected chi connectivity index (χ2v) is 4.59. The van der Waals surface area contributed by atoms with Gasteiger partial charge in [-0.05, 0) is 30.3 Å². The molecule has 0 aliphatic carbocycles. The Hall–Kier alpha value is -3.23. The van der Waals surface area contributed by atoms with Gasteiger partial charge in [-0.25, -0.2) is 4.79 Å². The Labute approximate surface area is 140 Å². The maximum atomic E-state index is 12.4. The summed E-state index contributed by atoms with van der Waals surface area (Å²) >= 11 is 0. The number of nitrogens with zero attached hydrogens (tertiary/aromatic N) is 3. The molecule has 2 aromatic rings. The molecule has 0 saturated carbocycles. The highest BCUT2D eigenvalue weighted by molar-refractivity contribution is 6.39. The van der Waals surface area contributed by atoms with E-state index in [1.165, 1.54) is 49.1 Å². The van der Waals surface area contributed by atoms with Crippen LogP contribution in [0.5, 0.6) is 0 Å². The smallest absolute Gasteiger partial charge is 0.409 e. The van der Waals surface area contributed by atoms with Crippen molar-refractivity contribution < 1.29 is 27.5 Å². The summed E-state index contributed by atoms with van der Waals surface area (Å²) in [5, 5.41) is 0. The molecule has 0 aliphatic rings. The van der Waals surface area contributed by atoms with Crippen molar-refractivity contribution in [3.05, 3.63) is 61.2 Å². The number of pyridine rings is 2. The molecule has 0 bridgehead atoms. The third-order valence-electron chi connectivity index (χ3n) is 2.84. The van der Waals surface area contributed by atoms with E-state index in [1.54, 1.807) is 0 Å². The number of alkyl halides is 3. The lowest BCUT2D eigenvalue weighted by Crippen LogP contribution is -2.34. The number of amides is 1. The van der Waals surface area contributed by atoms with Crippen molar-refractivity contribution in [1.82, 2.24) is 9.97 Å². The van der Waals surface area contributed by atoms with Crippen LogP contribution in [-0.2, 0) is 14.3 Å². The molecular formula is C16H12F3N3O3. The molecule has 9 heteroatoms.